The first-order valence-electron chi connectivity index (χ1n) is 15.2. The third-order valence-corrected chi connectivity index (χ3v) is 10.8. The number of likely N-dealkylation sites (tertiary alicyclic amines) is 2. The topological polar surface area (TPSA) is 128 Å². The fourth-order valence-corrected chi connectivity index (χ4v) is 7.87. The predicted molar refractivity (Wildman–Crippen MR) is 171 cm³/mol. The number of amides is 4. The highest BCUT2D eigenvalue weighted by molar-refractivity contribution is 7.98. The maximum Gasteiger partial charge on any atom is 0.416 e. The van der Waals surface area contributed by atoms with Gasteiger partial charge in [0, 0.05) is 30.6 Å². The summed E-state index contributed by atoms with van der Waals surface area (Å²) < 4.78 is 67.1. The second kappa shape index (κ2) is 15.5. The van der Waals surface area contributed by atoms with Gasteiger partial charge in [0.05, 0.1) is 34.0 Å². The molecule has 0 saturated carbocycles. The van der Waals surface area contributed by atoms with Gasteiger partial charge in [-0.15, -0.1) is 11.8 Å². The Morgan fingerprint density at radius 1 is 1.02 bits per heavy atom. The molecule has 2 aromatic carbocycles. The van der Waals surface area contributed by atoms with Crippen LogP contribution in [-0.2, 0) is 20.8 Å². The Bertz CT molecular complexity index is 1500. The van der Waals surface area contributed by atoms with E-state index in [-0.39, 0.29) is 16.3 Å². The van der Waals surface area contributed by atoms with E-state index in [2.05, 4.69) is 20.9 Å². The van der Waals surface area contributed by atoms with E-state index in [1.165, 1.54) is 16.7 Å². The Hall–Kier alpha value is -3.30. The van der Waals surface area contributed by atoms with Gasteiger partial charge in [0.15, 0.2) is 9.84 Å². The summed E-state index contributed by atoms with van der Waals surface area (Å²) in [6, 6.07) is 8.03. The normalized spacial score (nSPS) is 19.1. The molecule has 2 saturated heterocycles. The molecule has 0 aromatic heterocycles. The fraction of sp³-hybridized carbons (Fsp3) is 0.516. The first-order chi connectivity index (χ1) is 21.8. The van der Waals surface area contributed by atoms with E-state index in [4.69, 9.17) is 0 Å². The van der Waals surface area contributed by atoms with Crippen molar-refractivity contribution in [1.82, 2.24) is 20.4 Å². The maximum atomic E-state index is 13.5. The maximum absolute atomic E-state index is 13.5. The number of rotatable bonds is 11. The van der Waals surface area contributed by atoms with Crippen LogP contribution < -0.4 is 16.0 Å². The zero-order valence-electron chi connectivity index (χ0n) is 25.9. The molecule has 2 aliphatic heterocycles. The highest BCUT2D eigenvalue weighted by Crippen LogP contribution is 2.32. The van der Waals surface area contributed by atoms with Crippen molar-refractivity contribution >= 4 is 45.1 Å². The van der Waals surface area contributed by atoms with Crippen LogP contribution in [0.3, 0.4) is 0 Å². The second-order valence-electron chi connectivity index (χ2n) is 11.5. The number of nitrogens with zero attached hydrogens (tertiary/aromatic N) is 2. The molecule has 0 spiro atoms. The number of thioether (sulfide) groups is 1. The Morgan fingerprint density at radius 2 is 1.72 bits per heavy atom. The Kier molecular flexibility index (Phi) is 12.0. The minimum Gasteiger partial charge on any atom is -0.350 e. The average molecular weight is 684 g/mol. The highest BCUT2D eigenvalue weighted by Gasteiger charge is 2.35. The molecular formula is C31H40F3N5O5S2. The van der Waals surface area contributed by atoms with Crippen LogP contribution in [0.4, 0.5) is 23.7 Å². The van der Waals surface area contributed by atoms with E-state index in [0.29, 0.717) is 38.7 Å². The molecule has 46 heavy (non-hydrogen) atoms. The van der Waals surface area contributed by atoms with Gasteiger partial charge in [-0.25, -0.2) is 13.2 Å². The lowest BCUT2D eigenvalue weighted by Gasteiger charge is -2.38. The summed E-state index contributed by atoms with van der Waals surface area (Å²) in [5.74, 6) is -2.15. The number of carbonyl (C=O) groups is 3. The van der Waals surface area contributed by atoms with Gasteiger partial charge in [-0.3, -0.25) is 9.59 Å². The van der Waals surface area contributed by atoms with E-state index < -0.39 is 63.5 Å². The standard InChI is InChI=1S/C31H40F3N5O5S2/c1-3-13-38-16-12-21(20-46(43,44)24-9-7-23(45-2)8-10-24)27(19-38)36-28(40)18-35-29(41)25-17-22(31(32,33)34)6-11-26(25)37-30(42)39-14-4-5-15-39/h6-11,17,21,27H,3-5,12-16,18-20H2,1-2H3,(H,35,41)(H,36,40)(H,37,42)/t21-,27-/m0/s1. The van der Waals surface area contributed by atoms with Crippen molar-refractivity contribution in [2.45, 2.75) is 54.6 Å². The van der Waals surface area contributed by atoms with Gasteiger partial charge in [-0.2, -0.15) is 13.2 Å². The number of anilines is 1. The lowest BCUT2D eigenvalue weighted by Crippen LogP contribution is -2.55. The SMILES string of the molecule is CCCN1CC[C@@H](CS(=O)(=O)c2ccc(SC)cc2)[C@@H](NC(=O)CNC(=O)c2cc(C(F)(F)F)ccc2NC(=O)N2CCCC2)C1. The summed E-state index contributed by atoms with van der Waals surface area (Å²) >= 11 is 1.50. The van der Waals surface area contributed by atoms with Crippen LogP contribution >= 0.6 is 11.8 Å². The summed E-state index contributed by atoms with van der Waals surface area (Å²) in [5, 5.41) is 7.75. The molecule has 2 fully saturated rings. The minimum atomic E-state index is -4.73. The number of nitrogens with one attached hydrogen (secondary N) is 3. The van der Waals surface area contributed by atoms with Crippen molar-refractivity contribution in [3.63, 3.8) is 0 Å². The van der Waals surface area contributed by atoms with Gasteiger partial charge in [0.2, 0.25) is 5.91 Å². The summed E-state index contributed by atoms with van der Waals surface area (Å²) in [6.07, 6.45) is 0.173. The van der Waals surface area contributed by atoms with Crippen LogP contribution in [0, 0.1) is 5.92 Å². The Labute approximate surface area is 271 Å². The lowest BCUT2D eigenvalue weighted by molar-refractivity contribution is -0.137. The van der Waals surface area contributed by atoms with Gasteiger partial charge < -0.3 is 25.8 Å². The molecule has 0 aliphatic carbocycles. The Morgan fingerprint density at radius 3 is 2.35 bits per heavy atom. The molecule has 0 bridgehead atoms. The van der Waals surface area contributed by atoms with Crippen molar-refractivity contribution in [2.24, 2.45) is 5.92 Å². The fourth-order valence-electron chi connectivity index (χ4n) is 5.76. The third kappa shape index (κ3) is 9.38. The second-order valence-corrected chi connectivity index (χ2v) is 14.5. The molecule has 0 radical (unpaired) electrons. The number of urea groups is 1. The van der Waals surface area contributed by atoms with Crippen molar-refractivity contribution < 1.29 is 36.0 Å². The molecule has 0 unspecified atom stereocenters. The number of alkyl halides is 3. The average Bonchev–Trinajstić information content (AvgIpc) is 3.56. The largest absolute Gasteiger partial charge is 0.416 e. The number of hydrogen-bond acceptors (Lipinski definition) is 7. The van der Waals surface area contributed by atoms with E-state index in [0.717, 1.165) is 42.8 Å². The van der Waals surface area contributed by atoms with E-state index >= 15 is 0 Å². The monoisotopic (exact) mass is 683 g/mol. The van der Waals surface area contributed by atoms with E-state index in [1.54, 1.807) is 24.3 Å². The molecule has 3 N–H and O–H groups in total. The third-order valence-electron chi connectivity index (χ3n) is 8.21. The quantitative estimate of drug-likeness (QED) is 0.298. The molecule has 10 nitrogen and oxygen atoms in total. The number of carbonyl (C=O) groups excluding carboxylic acids is 3. The number of benzene rings is 2. The summed E-state index contributed by atoms with van der Waals surface area (Å²) in [6.45, 7) is 4.31. The number of piperidine rings is 1. The number of hydrogen-bond donors (Lipinski definition) is 3. The van der Waals surface area contributed by atoms with Crippen LogP contribution in [-0.4, -0.2) is 93.4 Å². The molecule has 2 aliphatic rings. The van der Waals surface area contributed by atoms with E-state index in [9.17, 15) is 36.0 Å². The predicted octanol–water partition coefficient (Wildman–Crippen LogP) is 4.48. The summed E-state index contributed by atoms with van der Waals surface area (Å²) in [7, 11) is -3.66. The summed E-state index contributed by atoms with van der Waals surface area (Å²) in [4.78, 5) is 43.6. The first kappa shape index (κ1) is 35.6. The smallest absolute Gasteiger partial charge is 0.350 e. The van der Waals surface area contributed by atoms with Gasteiger partial charge in [0.25, 0.3) is 5.91 Å². The molecule has 252 valence electrons. The van der Waals surface area contributed by atoms with Gasteiger partial charge in [-0.1, -0.05) is 6.92 Å². The van der Waals surface area contributed by atoms with Gasteiger partial charge in [0.1, 0.15) is 0 Å². The lowest BCUT2D eigenvalue weighted by atomic mass is 9.93. The van der Waals surface area contributed by atoms with Crippen LogP contribution in [0.25, 0.3) is 0 Å². The van der Waals surface area contributed by atoms with Crippen LogP contribution in [0.1, 0.15) is 48.5 Å². The molecule has 4 rings (SSSR count). The number of sulfone groups is 1. The van der Waals surface area contributed by atoms with Crippen molar-refractivity contribution in [3.05, 3.63) is 53.6 Å². The number of halogens is 3. The molecule has 15 heteroatoms. The van der Waals surface area contributed by atoms with Crippen molar-refractivity contribution in [2.75, 3.05) is 56.6 Å². The van der Waals surface area contributed by atoms with Crippen LogP contribution in [0.15, 0.2) is 52.3 Å². The molecule has 2 heterocycles. The zero-order chi connectivity index (χ0) is 33.5. The first-order valence-corrected chi connectivity index (χ1v) is 18.1. The highest BCUT2D eigenvalue weighted by atomic mass is 32.2. The summed E-state index contributed by atoms with van der Waals surface area (Å²) in [5.41, 5.74) is -1.62. The van der Waals surface area contributed by atoms with Crippen molar-refractivity contribution in [3.8, 4) is 0 Å². The molecule has 2 atom stereocenters. The van der Waals surface area contributed by atoms with Crippen LogP contribution in [0.2, 0.25) is 0 Å². The van der Waals surface area contributed by atoms with Crippen molar-refractivity contribution in [1.29, 1.82) is 0 Å². The van der Waals surface area contributed by atoms with Crippen LogP contribution in [0.5, 0.6) is 0 Å². The molecule has 4 amide bonds. The van der Waals surface area contributed by atoms with Gasteiger partial charge in [-0.05, 0) is 93.4 Å². The zero-order valence-corrected chi connectivity index (χ0v) is 27.5. The Balaban J connectivity index is 1.45. The van der Waals surface area contributed by atoms with E-state index in [1.807, 2.05) is 13.2 Å². The van der Waals surface area contributed by atoms with Gasteiger partial charge >= 0.3 is 12.2 Å². The minimum absolute atomic E-state index is 0.110. The molecular weight excluding hydrogens is 643 g/mol. The molecule has 2 aromatic rings.